The van der Waals surface area contributed by atoms with Gasteiger partial charge in [0.25, 0.3) is 0 Å². The van der Waals surface area contributed by atoms with Crippen molar-refractivity contribution in [3.05, 3.63) is 0 Å². The predicted octanol–water partition coefficient (Wildman–Crippen LogP) is 0.996. The van der Waals surface area contributed by atoms with Gasteiger partial charge in [-0.25, -0.2) is 0 Å². The van der Waals surface area contributed by atoms with Gasteiger partial charge in [0.1, 0.15) is 0 Å². The van der Waals surface area contributed by atoms with Crippen molar-refractivity contribution in [2.45, 2.75) is 12.8 Å². The molecule has 1 saturated heterocycles. The summed E-state index contributed by atoms with van der Waals surface area (Å²) < 4.78 is 25.5. The molecule has 0 aliphatic carbocycles. The smallest absolute Gasteiger partial charge is 0.303 e. The first-order chi connectivity index (χ1) is 6.64. The lowest BCUT2D eigenvalue weighted by Gasteiger charge is -2.40. The van der Waals surface area contributed by atoms with Gasteiger partial charge in [-0.1, -0.05) is 0 Å². The van der Waals surface area contributed by atoms with E-state index in [4.69, 9.17) is 5.11 Å². The van der Waals surface area contributed by atoms with Gasteiger partial charge in [0.15, 0.2) is 0 Å². The molecule has 14 heavy (non-hydrogen) atoms. The van der Waals surface area contributed by atoms with Crippen molar-refractivity contribution in [1.82, 2.24) is 5.32 Å². The lowest BCUT2D eigenvalue weighted by atomic mass is 9.72. The van der Waals surface area contributed by atoms with Gasteiger partial charge in [-0.2, -0.15) is 0 Å². The zero-order valence-corrected chi connectivity index (χ0v) is 7.93. The largest absolute Gasteiger partial charge is 0.481 e. The normalized spacial score (nSPS) is 26.0. The summed E-state index contributed by atoms with van der Waals surface area (Å²) in [5.74, 6) is -1.38. The van der Waals surface area contributed by atoms with Crippen LogP contribution in [0, 0.1) is 11.3 Å². The highest BCUT2D eigenvalue weighted by Gasteiger charge is 2.42. The number of carboxylic acids is 1. The van der Waals surface area contributed by atoms with E-state index in [-0.39, 0.29) is 13.0 Å². The molecule has 0 aromatic rings. The molecule has 1 rings (SSSR count). The fourth-order valence-electron chi connectivity index (χ4n) is 1.94. The van der Waals surface area contributed by atoms with E-state index in [1.807, 2.05) is 0 Å². The summed E-state index contributed by atoms with van der Waals surface area (Å²) in [6.45, 7) is -0.722. The molecule has 1 heterocycles. The molecule has 0 saturated carbocycles. The highest BCUT2D eigenvalue weighted by Crippen LogP contribution is 2.36. The Hall–Kier alpha value is -0.710. The number of piperidine rings is 1. The van der Waals surface area contributed by atoms with E-state index in [1.54, 1.807) is 0 Å². The molecule has 1 aliphatic heterocycles. The van der Waals surface area contributed by atoms with E-state index in [0.29, 0.717) is 13.0 Å². The van der Waals surface area contributed by atoms with E-state index in [2.05, 4.69) is 5.32 Å². The second-order valence-electron chi connectivity index (χ2n) is 3.89. The third-order valence-corrected chi connectivity index (χ3v) is 2.97. The van der Waals surface area contributed by atoms with Crippen LogP contribution >= 0.6 is 0 Å². The minimum absolute atomic E-state index is 0.143. The van der Waals surface area contributed by atoms with E-state index < -0.39 is 30.7 Å². The van der Waals surface area contributed by atoms with Gasteiger partial charge >= 0.3 is 5.97 Å². The monoisotopic (exact) mass is 207 g/mol. The maximum Gasteiger partial charge on any atom is 0.303 e. The summed E-state index contributed by atoms with van der Waals surface area (Å²) in [6, 6.07) is 0. The van der Waals surface area contributed by atoms with Crippen molar-refractivity contribution in [1.29, 1.82) is 0 Å². The Morgan fingerprint density at radius 2 is 2.14 bits per heavy atom. The molecule has 0 aromatic carbocycles. The Labute approximate surface area is 81.5 Å². The first-order valence-corrected chi connectivity index (χ1v) is 4.69. The summed E-state index contributed by atoms with van der Waals surface area (Å²) in [6.07, 6.45) is 0.385. The van der Waals surface area contributed by atoms with Gasteiger partial charge in [0, 0.05) is 18.4 Å². The number of carboxylic acid groups (broad SMARTS) is 1. The van der Waals surface area contributed by atoms with Gasteiger partial charge in [0.2, 0.25) is 0 Å². The van der Waals surface area contributed by atoms with Gasteiger partial charge in [-0.15, -0.1) is 0 Å². The van der Waals surface area contributed by atoms with Crippen LogP contribution in [-0.2, 0) is 4.79 Å². The second kappa shape index (κ2) is 4.68. The number of aliphatic carboxylic acids is 1. The van der Waals surface area contributed by atoms with Gasteiger partial charge < -0.3 is 10.4 Å². The second-order valence-corrected chi connectivity index (χ2v) is 3.89. The van der Waals surface area contributed by atoms with Crippen LogP contribution in [0.1, 0.15) is 12.8 Å². The van der Waals surface area contributed by atoms with Crippen LogP contribution in [0.4, 0.5) is 8.78 Å². The number of halogens is 2. The molecule has 0 radical (unpaired) electrons. The molecule has 1 atom stereocenters. The number of alkyl halides is 2. The standard InChI is InChI=1S/C9H15F2NO2/c10-4-9(5-11)6-12-2-1-7(9)3-8(13)14/h7,12H,1-6H2,(H,13,14). The van der Waals surface area contributed by atoms with Crippen LogP contribution in [0.25, 0.3) is 0 Å². The molecule has 0 amide bonds. The average molecular weight is 207 g/mol. The van der Waals surface area contributed by atoms with Crippen LogP contribution in [0.3, 0.4) is 0 Å². The third kappa shape index (κ3) is 2.20. The van der Waals surface area contributed by atoms with Crippen molar-refractivity contribution >= 4 is 5.97 Å². The molecule has 0 spiro atoms. The fraction of sp³-hybridized carbons (Fsp3) is 0.889. The maximum absolute atomic E-state index is 12.8. The number of hydrogen-bond acceptors (Lipinski definition) is 2. The molecular formula is C9H15F2NO2. The topological polar surface area (TPSA) is 49.3 Å². The molecule has 5 heteroatoms. The number of carbonyl (C=O) groups is 1. The number of hydrogen-bond donors (Lipinski definition) is 2. The minimum Gasteiger partial charge on any atom is -0.481 e. The first-order valence-electron chi connectivity index (χ1n) is 4.69. The summed E-state index contributed by atoms with van der Waals surface area (Å²) in [7, 11) is 0. The van der Waals surface area contributed by atoms with Crippen molar-refractivity contribution in [2.24, 2.45) is 11.3 Å². The zero-order valence-electron chi connectivity index (χ0n) is 7.93. The first kappa shape index (κ1) is 11.4. The Morgan fingerprint density at radius 3 is 2.64 bits per heavy atom. The average Bonchev–Trinajstić information content (AvgIpc) is 2.18. The molecular weight excluding hydrogens is 192 g/mol. The van der Waals surface area contributed by atoms with Gasteiger partial charge in [-0.3, -0.25) is 13.6 Å². The van der Waals surface area contributed by atoms with Crippen LogP contribution < -0.4 is 5.32 Å². The lowest BCUT2D eigenvalue weighted by molar-refractivity contribution is -0.140. The number of rotatable bonds is 4. The lowest BCUT2D eigenvalue weighted by Crippen LogP contribution is -2.50. The minimum atomic E-state index is -1.11. The van der Waals surface area contributed by atoms with Crippen LogP contribution in [0.5, 0.6) is 0 Å². The van der Waals surface area contributed by atoms with Crippen molar-refractivity contribution in [2.75, 3.05) is 26.4 Å². The highest BCUT2D eigenvalue weighted by atomic mass is 19.1. The third-order valence-electron chi connectivity index (χ3n) is 2.97. The molecule has 0 aromatic heterocycles. The van der Waals surface area contributed by atoms with Crippen molar-refractivity contribution in [3.63, 3.8) is 0 Å². The molecule has 3 nitrogen and oxygen atoms in total. The van der Waals surface area contributed by atoms with E-state index >= 15 is 0 Å². The Morgan fingerprint density at radius 1 is 1.50 bits per heavy atom. The molecule has 1 fully saturated rings. The van der Waals surface area contributed by atoms with E-state index in [1.165, 1.54) is 0 Å². The summed E-state index contributed by atoms with van der Waals surface area (Å²) in [4.78, 5) is 10.5. The zero-order chi connectivity index (χ0) is 10.6. The van der Waals surface area contributed by atoms with Crippen molar-refractivity contribution in [3.8, 4) is 0 Å². The van der Waals surface area contributed by atoms with Crippen LogP contribution in [0.15, 0.2) is 0 Å². The van der Waals surface area contributed by atoms with Crippen molar-refractivity contribution < 1.29 is 18.7 Å². The predicted molar refractivity (Wildman–Crippen MR) is 47.6 cm³/mol. The van der Waals surface area contributed by atoms with Gasteiger partial charge in [-0.05, 0) is 18.9 Å². The Balaban J connectivity index is 2.71. The van der Waals surface area contributed by atoms with Crippen LogP contribution in [-0.4, -0.2) is 37.5 Å². The van der Waals surface area contributed by atoms with E-state index in [0.717, 1.165) is 0 Å². The molecule has 2 N–H and O–H groups in total. The fourth-order valence-corrected chi connectivity index (χ4v) is 1.94. The summed E-state index contributed by atoms with van der Waals surface area (Å²) in [5.41, 5.74) is -1.11. The molecule has 1 aliphatic rings. The summed E-state index contributed by atoms with van der Waals surface area (Å²) >= 11 is 0. The van der Waals surface area contributed by atoms with Gasteiger partial charge in [0.05, 0.1) is 13.3 Å². The summed E-state index contributed by atoms with van der Waals surface area (Å²) in [5, 5.41) is 11.5. The molecule has 1 unspecified atom stereocenters. The maximum atomic E-state index is 12.8. The van der Waals surface area contributed by atoms with Crippen LogP contribution in [0.2, 0.25) is 0 Å². The quantitative estimate of drug-likeness (QED) is 0.723. The SMILES string of the molecule is O=C(O)CC1CCNCC1(CF)CF. The Bertz CT molecular complexity index is 207. The van der Waals surface area contributed by atoms with E-state index in [9.17, 15) is 13.6 Å². The molecule has 82 valence electrons. The Kier molecular flexibility index (Phi) is 3.80. The highest BCUT2D eigenvalue weighted by molar-refractivity contribution is 5.67. The number of nitrogens with one attached hydrogen (secondary N) is 1. The molecule has 0 bridgehead atoms.